The molecule has 2 aromatic carbocycles. The van der Waals surface area contributed by atoms with E-state index in [1.807, 2.05) is 54.8 Å². The fourth-order valence-corrected chi connectivity index (χ4v) is 4.34. The van der Waals surface area contributed by atoms with E-state index in [2.05, 4.69) is 15.5 Å². The van der Waals surface area contributed by atoms with Gasteiger partial charge in [-0.05, 0) is 37.6 Å². The quantitative estimate of drug-likeness (QED) is 0.309. The van der Waals surface area contributed by atoms with Crippen LogP contribution in [0.25, 0.3) is 11.4 Å². The third-order valence-electron chi connectivity index (χ3n) is 4.86. The first-order valence-electron chi connectivity index (χ1n) is 9.87. The van der Waals surface area contributed by atoms with E-state index in [9.17, 15) is 4.79 Å². The number of aryl methyl sites for hydroxylation is 1. The summed E-state index contributed by atoms with van der Waals surface area (Å²) in [4.78, 5) is 12.8. The summed E-state index contributed by atoms with van der Waals surface area (Å²) in [6.07, 6.45) is 1.63. The third-order valence-corrected chi connectivity index (χ3v) is 6.76. The van der Waals surface area contributed by atoms with Gasteiger partial charge in [0.15, 0.2) is 11.0 Å². The molecule has 0 aliphatic carbocycles. The molecule has 164 valence electrons. The molecule has 0 bridgehead atoms. The van der Waals surface area contributed by atoms with Crippen molar-refractivity contribution in [3.05, 3.63) is 82.2 Å². The number of nitrogens with one attached hydrogen (secondary N) is 1. The summed E-state index contributed by atoms with van der Waals surface area (Å²) in [5, 5.41) is 12.5. The van der Waals surface area contributed by atoms with Crippen LogP contribution in [0.2, 0.25) is 10.0 Å². The summed E-state index contributed by atoms with van der Waals surface area (Å²) in [6.45, 7) is 4.25. The Bertz CT molecular complexity index is 1240. The number of hydrogen-bond donors (Lipinski definition) is 1. The molecule has 1 atom stereocenters. The highest BCUT2D eigenvalue weighted by Crippen LogP contribution is 2.32. The predicted octanol–water partition coefficient (Wildman–Crippen LogP) is 6.32. The minimum atomic E-state index is -0.456. The molecule has 1 N–H and O–H groups in total. The number of rotatable bonds is 7. The Morgan fingerprint density at radius 3 is 2.62 bits per heavy atom. The number of benzene rings is 2. The monoisotopic (exact) mass is 486 g/mol. The van der Waals surface area contributed by atoms with E-state index in [0.29, 0.717) is 33.3 Å². The molecular weight excluding hydrogens is 467 g/mol. The Balaban J connectivity index is 1.60. The zero-order chi connectivity index (χ0) is 22.7. The first kappa shape index (κ1) is 22.5. The summed E-state index contributed by atoms with van der Waals surface area (Å²) in [5.74, 6) is 1.23. The molecule has 0 spiro atoms. The lowest BCUT2D eigenvalue weighted by atomic mass is 10.2. The SMILES string of the molecule is Cc1occc1-c1nnc(S[C@H](C)C(=O)Nc2cccc(Cl)c2Cl)n1Cc1ccccc1. The second kappa shape index (κ2) is 9.81. The average Bonchev–Trinajstić information content (AvgIpc) is 3.37. The van der Waals surface area contributed by atoms with Crippen molar-refractivity contribution in [1.82, 2.24) is 14.8 Å². The molecule has 2 heterocycles. The van der Waals surface area contributed by atoms with Crippen LogP contribution in [0.5, 0.6) is 0 Å². The van der Waals surface area contributed by atoms with Crippen LogP contribution in [0.3, 0.4) is 0 Å². The van der Waals surface area contributed by atoms with Crippen molar-refractivity contribution in [2.24, 2.45) is 0 Å². The van der Waals surface area contributed by atoms with Crippen molar-refractivity contribution in [2.45, 2.75) is 30.8 Å². The van der Waals surface area contributed by atoms with Gasteiger partial charge in [0, 0.05) is 0 Å². The highest BCUT2D eigenvalue weighted by molar-refractivity contribution is 8.00. The number of amides is 1. The number of nitrogens with zero attached hydrogens (tertiary/aromatic N) is 3. The van der Waals surface area contributed by atoms with E-state index < -0.39 is 5.25 Å². The minimum Gasteiger partial charge on any atom is -0.469 e. The van der Waals surface area contributed by atoms with E-state index in [4.69, 9.17) is 27.6 Å². The Hall–Kier alpha value is -2.74. The van der Waals surface area contributed by atoms with Crippen molar-refractivity contribution in [2.75, 3.05) is 5.32 Å². The zero-order valence-corrected chi connectivity index (χ0v) is 19.7. The van der Waals surface area contributed by atoms with Gasteiger partial charge < -0.3 is 9.73 Å². The Labute approximate surface area is 199 Å². The zero-order valence-electron chi connectivity index (χ0n) is 17.4. The molecule has 1 amide bonds. The fourth-order valence-electron chi connectivity index (χ4n) is 3.15. The number of carbonyl (C=O) groups is 1. The Morgan fingerprint density at radius 2 is 1.91 bits per heavy atom. The van der Waals surface area contributed by atoms with Crippen molar-refractivity contribution >= 4 is 46.6 Å². The summed E-state index contributed by atoms with van der Waals surface area (Å²) in [7, 11) is 0. The van der Waals surface area contributed by atoms with Gasteiger partial charge in [-0.1, -0.05) is 71.4 Å². The van der Waals surface area contributed by atoms with Crippen molar-refractivity contribution in [1.29, 1.82) is 0 Å². The number of anilines is 1. The second-order valence-corrected chi connectivity index (χ2v) is 9.21. The molecule has 9 heteroatoms. The lowest BCUT2D eigenvalue weighted by Crippen LogP contribution is -2.23. The van der Waals surface area contributed by atoms with Crippen LogP contribution >= 0.6 is 35.0 Å². The highest BCUT2D eigenvalue weighted by Gasteiger charge is 2.23. The van der Waals surface area contributed by atoms with Crippen LogP contribution in [0.15, 0.2) is 70.4 Å². The van der Waals surface area contributed by atoms with Gasteiger partial charge in [-0.15, -0.1) is 10.2 Å². The molecule has 2 aromatic heterocycles. The molecule has 0 aliphatic rings. The van der Waals surface area contributed by atoms with Crippen molar-refractivity contribution < 1.29 is 9.21 Å². The number of carbonyl (C=O) groups excluding carboxylic acids is 1. The van der Waals surface area contributed by atoms with Gasteiger partial charge in [-0.3, -0.25) is 9.36 Å². The molecule has 0 radical (unpaired) electrons. The summed E-state index contributed by atoms with van der Waals surface area (Å²) in [5.41, 5.74) is 2.43. The second-order valence-electron chi connectivity index (χ2n) is 7.12. The number of thioether (sulfide) groups is 1. The average molecular weight is 487 g/mol. The lowest BCUT2D eigenvalue weighted by molar-refractivity contribution is -0.115. The molecule has 0 aliphatic heterocycles. The smallest absolute Gasteiger partial charge is 0.237 e. The summed E-state index contributed by atoms with van der Waals surface area (Å²) in [6, 6.07) is 17.0. The molecule has 0 saturated heterocycles. The van der Waals surface area contributed by atoms with Crippen molar-refractivity contribution in [3.63, 3.8) is 0 Å². The maximum atomic E-state index is 12.8. The molecular formula is C23H20Cl2N4O2S. The van der Waals surface area contributed by atoms with Crippen LogP contribution < -0.4 is 5.32 Å². The number of aromatic nitrogens is 3. The van der Waals surface area contributed by atoms with E-state index in [1.165, 1.54) is 11.8 Å². The van der Waals surface area contributed by atoms with Crippen LogP contribution in [-0.2, 0) is 11.3 Å². The molecule has 6 nitrogen and oxygen atoms in total. The van der Waals surface area contributed by atoms with Crippen LogP contribution in [-0.4, -0.2) is 25.9 Å². The molecule has 4 aromatic rings. The standard InChI is InChI=1S/C23H20Cl2N4O2S/c1-14-17(11-12-31-14)21-27-28-23(29(21)13-16-7-4-3-5-8-16)32-15(2)22(30)26-19-10-6-9-18(24)20(19)25/h3-12,15H,13H2,1-2H3,(H,26,30)/t15-/m1/s1. The first-order valence-corrected chi connectivity index (χ1v) is 11.5. The van der Waals surface area contributed by atoms with Gasteiger partial charge >= 0.3 is 0 Å². The molecule has 0 unspecified atom stereocenters. The topological polar surface area (TPSA) is 72.9 Å². The maximum absolute atomic E-state index is 12.8. The Kier molecular flexibility index (Phi) is 6.89. The van der Waals surface area contributed by atoms with Gasteiger partial charge in [0.25, 0.3) is 0 Å². The highest BCUT2D eigenvalue weighted by atomic mass is 35.5. The summed E-state index contributed by atoms with van der Waals surface area (Å²) >= 11 is 13.6. The van der Waals surface area contributed by atoms with Gasteiger partial charge in [-0.2, -0.15) is 0 Å². The van der Waals surface area contributed by atoms with Crippen molar-refractivity contribution in [3.8, 4) is 11.4 Å². The number of halogens is 2. The van der Waals surface area contributed by atoms with Gasteiger partial charge in [0.05, 0.1) is 39.4 Å². The van der Waals surface area contributed by atoms with E-state index in [-0.39, 0.29) is 5.91 Å². The predicted molar refractivity (Wildman–Crippen MR) is 128 cm³/mol. The fraction of sp³-hybridized carbons (Fsp3) is 0.174. The third kappa shape index (κ3) is 4.85. The minimum absolute atomic E-state index is 0.213. The van der Waals surface area contributed by atoms with Crippen LogP contribution in [0.1, 0.15) is 18.2 Å². The lowest BCUT2D eigenvalue weighted by Gasteiger charge is -2.14. The van der Waals surface area contributed by atoms with Crippen LogP contribution in [0.4, 0.5) is 5.69 Å². The largest absolute Gasteiger partial charge is 0.469 e. The van der Waals surface area contributed by atoms with E-state index >= 15 is 0 Å². The number of hydrogen-bond acceptors (Lipinski definition) is 5. The normalized spacial score (nSPS) is 12.0. The maximum Gasteiger partial charge on any atom is 0.237 e. The molecule has 32 heavy (non-hydrogen) atoms. The van der Waals surface area contributed by atoms with Gasteiger partial charge in [0.1, 0.15) is 5.76 Å². The molecule has 4 rings (SSSR count). The Morgan fingerprint density at radius 1 is 1.12 bits per heavy atom. The first-order chi connectivity index (χ1) is 15.4. The molecule has 0 fully saturated rings. The van der Waals surface area contributed by atoms with Crippen LogP contribution in [0, 0.1) is 6.92 Å². The van der Waals surface area contributed by atoms with E-state index in [1.54, 1.807) is 24.5 Å². The number of furan rings is 1. The van der Waals surface area contributed by atoms with E-state index in [0.717, 1.165) is 16.9 Å². The van der Waals surface area contributed by atoms with Gasteiger partial charge in [-0.25, -0.2) is 0 Å². The molecule has 0 saturated carbocycles. The summed E-state index contributed by atoms with van der Waals surface area (Å²) < 4.78 is 7.46. The van der Waals surface area contributed by atoms with Gasteiger partial charge in [0.2, 0.25) is 5.91 Å².